The number of methoxy groups -OCH3 is 1. The predicted octanol–water partition coefficient (Wildman–Crippen LogP) is 2.66. The highest BCUT2D eigenvalue weighted by Crippen LogP contribution is 2.30. The van der Waals surface area contributed by atoms with E-state index in [0.29, 0.717) is 17.1 Å². The summed E-state index contributed by atoms with van der Waals surface area (Å²) >= 11 is 1.18. The zero-order valence-corrected chi connectivity index (χ0v) is 13.6. The lowest BCUT2D eigenvalue weighted by atomic mass is 10.1. The van der Waals surface area contributed by atoms with Gasteiger partial charge in [-0.1, -0.05) is 18.2 Å². The van der Waals surface area contributed by atoms with E-state index >= 15 is 0 Å². The first-order valence-corrected chi connectivity index (χ1v) is 7.77. The van der Waals surface area contributed by atoms with Gasteiger partial charge in [-0.25, -0.2) is 4.98 Å². The first kappa shape index (κ1) is 18.4. The number of carbonyl (C=O) groups excluding carboxylic acids is 1. The van der Waals surface area contributed by atoms with Crippen molar-refractivity contribution in [3.63, 3.8) is 0 Å². The van der Waals surface area contributed by atoms with Crippen LogP contribution < -0.4 is 11.1 Å². The number of amides is 1. The molecule has 0 fully saturated rings. The number of hydrogen-bond acceptors (Lipinski definition) is 5. The number of nitrogens with two attached hydrogens (primary N) is 1. The SMILES string of the molecule is COCC(N)C(=O)Nc1ncc(Cc2cccc(C(F)(F)F)c2)s1. The average molecular weight is 359 g/mol. The van der Waals surface area contributed by atoms with Gasteiger partial charge in [0.2, 0.25) is 5.91 Å². The fourth-order valence-electron chi connectivity index (χ4n) is 1.96. The van der Waals surface area contributed by atoms with Gasteiger partial charge in [-0.2, -0.15) is 13.2 Å². The van der Waals surface area contributed by atoms with E-state index in [2.05, 4.69) is 10.3 Å². The summed E-state index contributed by atoms with van der Waals surface area (Å²) in [7, 11) is 1.43. The zero-order chi connectivity index (χ0) is 17.7. The van der Waals surface area contributed by atoms with Crippen molar-refractivity contribution in [2.75, 3.05) is 19.0 Å². The van der Waals surface area contributed by atoms with Gasteiger partial charge in [0.15, 0.2) is 5.13 Å². The molecule has 1 amide bonds. The van der Waals surface area contributed by atoms with Crippen molar-refractivity contribution in [3.05, 3.63) is 46.5 Å². The Labute approximate surface area is 140 Å². The van der Waals surface area contributed by atoms with Gasteiger partial charge < -0.3 is 15.8 Å². The number of ether oxygens (including phenoxy) is 1. The van der Waals surface area contributed by atoms with E-state index in [1.165, 1.54) is 30.7 Å². The van der Waals surface area contributed by atoms with Crippen LogP contribution >= 0.6 is 11.3 Å². The van der Waals surface area contributed by atoms with Crippen LogP contribution in [-0.4, -0.2) is 30.6 Å². The molecule has 0 radical (unpaired) electrons. The number of benzene rings is 1. The second kappa shape index (κ2) is 7.73. The minimum atomic E-state index is -4.37. The molecule has 2 rings (SSSR count). The summed E-state index contributed by atoms with van der Waals surface area (Å²) in [6, 6.07) is 4.30. The molecule has 130 valence electrons. The zero-order valence-electron chi connectivity index (χ0n) is 12.8. The van der Waals surface area contributed by atoms with E-state index in [-0.39, 0.29) is 6.61 Å². The summed E-state index contributed by atoms with van der Waals surface area (Å²) in [6.45, 7) is 0.0777. The van der Waals surface area contributed by atoms with E-state index in [1.54, 1.807) is 6.07 Å². The van der Waals surface area contributed by atoms with Crippen LogP contribution in [-0.2, 0) is 22.1 Å². The summed E-state index contributed by atoms with van der Waals surface area (Å²) < 4.78 is 42.9. The van der Waals surface area contributed by atoms with Gasteiger partial charge in [0.25, 0.3) is 0 Å². The minimum absolute atomic E-state index is 0.0777. The van der Waals surface area contributed by atoms with Crippen molar-refractivity contribution in [1.82, 2.24) is 4.98 Å². The van der Waals surface area contributed by atoms with Crippen LogP contribution in [0, 0.1) is 0 Å². The lowest BCUT2D eigenvalue weighted by Gasteiger charge is -2.09. The van der Waals surface area contributed by atoms with Crippen LogP contribution in [0.4, 0.5) is 18.3 Å². The van der Waals surface area contributed by atoms with Gasteiger partial charge in [-0.05, 0) is 11.6 Å². The average Bonchev–Trinajstić information content (AvgIpc) is 2.94. The molecule has 0 spiro atoms. The first-order valence-electron chi connectivity index (χ1n) is 6.96. The number of rotatable bonds is 6. The number of aromatic nitrogens is 1. The highest BCUT2D eigenvalue weighted by molar-refractivity contribution is 7.15. The number of thiazole rings is 1. The minimum Gasteiger partial charge on any atom is -0.383 e. The van der Waals surface area contributed by atoms with E-state index in [0.717, 1.165) is 17.0 Å². The molecule has 3 N–H and O–H groups in total. The molecule has 24 heavy (non-hydrogen) atoms. The second-order valence-electron chi connectivity index (χ2n) is 5.06. The molecular weight excluding hydrogens is 343 g/mol. The fourth-order valence-corrected chi connectivity index (χ4v) is 2.81. The molecular formula is C15H16F3N3O2S. The Morgan fingerprint density at radius 2 is 2.21 bits per heavy atom. The van der Waals surface area contributed by atoms with Gasteiger partial charge in [0.1, 0.15) is 6.04 Å². The molecule has 1 aromatic carbocycles. The van der Waals surface area contributed by atoms with Crippen molar-refractivity contribution in [3.8, 4) is 0 Å². The topological polar surface area (TPSA) is 77.2 Å². The number of halogens is 3. The molecule has 0 saturated carbocycles. The lowest BCUT2D eigenvalue weighted by Crippen LogP contribution is -2.39. The Balaban J connectivity index is 2.03. The Morgan fingerprint density at radius 3 is 2.88 bits per heavy atom. The molecule has 1 unspecified atom stereocenters. The van der Waals surface area contributed by atoms with E-state index in [1.807, 2.05) is 0 Å². The Kier molecular flexibility index (Phi) is 5.92. The lowest BCUT2D eigenvalue weighted by molar-refractivity contribution is -0.137. The van der Waals surface area contributed by atoms with Gasteiger partial charge in [0.05, 0.1) is 12.2 Å². The molecule has 5 nitrogen and oxygen atoms in total. The number of carbonyl (C=O) groups is 1. The quantitative estimate of drug-likeness (QED) is 0.831. The van der Waals surface area contributed by atoms with Crippen molar-refractivity contribution >= 4 is 22.4 Å². The number of hydrogen-bond donors (Lipinski definition) is 2. The smallest absolute Gasteiger partial charge is 0.383 e. The molecule has 1 aromatic heterocycles. The molecule has 2 aromatic rings. The summed E-state index contributed by atoms with van der Waals surface area (Å²) in [5, 5.41) is 2.89. The van der Waals surface area contributed by atoms with Crippen molar-refractivity contribution < 1.29 is 22.7 Å². The number of alkyl halides is 3. The second-order valence-corrected chi connectivity index (χ2v) is 6.17. The van der Waals surface area contributed by atoms with Gasteiger partial charge in [-0.3, -0.25) is 4.79 Å². The Morgan fingerprint density at radius 1 is 1.46 bits per heavy atom. The van der Waals surface area contributed by atoms with E-state index < -0.39 is 23.7 Å². The van der Waals surface area contributed by atoms with Crippen LogP contribution in [0.1, 0.15) is 16.0 Å². The number of nitrogens with zero attached hydrogens (tertiary/aromatic N) is 1. The maximum absolute atomic E-state index is 12.7. The first-order chi connectivity index (χ1) is 11.3. The monoisotopic (exact) mass is 359 g/mol. The third kappa shape index (κ3) is 5.02. The number of anilines is 1. The number of nitrogens with one attached hydrogen (secondary N) is 1. The Hall–Kier alpha value is -1.97. The summed E-state index contributed by atoms with van der Waals surface area (Å²) in [4.78, 5) is 16.5. The van der Waals surface area contributed by atoms with Crippen LogP contribution in [0.15, 0.2) is 30.5 Å². The molecule has 0 saturated heterocycles. The van der Waals surface area contributed by atoms with E-state index in [9.17, 15) is 18.0 Å². The largest absolute Gasteiger partial charge is 0.416 e. The fraction of sp³-hybridized carbons (Fsp3) is 0.333. The van der Waals surface area contributed by atoms with Crippen molar-refractivity contribution in [1.29, 1.82) is 0 Å². The third-order valence-electron chi connectivity index (χ3n) is 3.10. The molecule has 0 aliphatic rings. The summed E-state index contributed by atoms with van der Waals surface area (Å²) in [5.74, 6) is -0.434. The van der Waals surface area contributed by atoms with Crippen LogP contribution in [0.5, 0.6) is 0 Å². The molecule has 0 aliphatic heterocycles. The maximum atomic E-state index is 12.7. The molecule has 0 aliphatic carbocycles. The van der Waals surface area contributed by atoms with Crippen LogP contribution in [0.3, 0.4) is 0 Å². The van der Waals surface area contributed by atoms with E-state index in [4.69, 9.17) is 10.5 Å². The molecule has 1 atom stereocenters. The van der Waals surface area contributed by atoms with Gasteiger partial charge >= 0.3 is 6.18 Å². The Bertz CT molecular complexity index is 703. The standard InChI is InChI=1S/C15H16F3N3O2S/c1-23-8-12(19)13(22)21-14-20-7-11(24-14)6-9-3-2-4-10(5-9)15(16,17)18/h2-5,7,12H,6,8,19H2,1H3,(H,20,21,22). The third-order valence-corrected chi connectivity index (χ3v) is 4.01. The maximum Gasteiger partial charge on any atom is 0.416 e. The molecule has 0 bridgehead atoms. The molecule has 9 heteroatoms. The van der Waals surface area contributed by atoms with Crippen molar-refractivity contribution in [2.24, 2.45) is 5.73 Å². The van der Waals surface area contributed by atoms with Crippen LogP contribution in [0.2, 0.25) is 0 Å². The van der Waals surface area contributed by atoms with Gasteiger partial charge in [0, 0.05) is 24.6 Å². The van der Waals surface area contributed by atoms with Crippen molar-refractivity contribution in [2.45, 2.75) is 18.6 Å². The summed E-state index contributed by atoms with van der Waals surface area (Å²) in [5.41, 5.74) is 5.42. The highest BCUT2D eigenvalue weighted by Gasteiger charge is 2.30. The normalized spacial score (nSPS) is 12.9. The summed E-state index contributed by atoms with van der Waals surface area (Å²) in [6.07, 6.45) is -2.57. The van der Waals surface area contributed by atoms with Crippen LogP contribution in [0.25, 0.3) is 0 Å². The molecule has 1 heterocycles. The predicted molar refractivity (Wildman–Crippen MR) is 84.8 cm³/mol. The highest BCUT2D eigenvalue weighted by atomic mass is 32.1. The van der Waals surface area contributed by atoms with Gasteiger partial charge in [-0.15, -0.1) is 11.3 Å².